The molecular weight excluding hydrogens is 222 g/mol. The fourth-order valence-electron chi connectivity index (χ4n) is 2.04. The molecule has 0 saturated carbocycles. The number of nitrogens with zero attached hydrogens (tertiary/aromatic N) is 2. The molecule has 2 rings (SSSR count). The SMILES string of the molecule is CCCNCc1cccc(-c2cnn(C)c2C)c1. The molecule has 1 aromatic carbocycles. The second kappa shape index (κ2) is 5.83. The van der Waals surface area contributed by atoms with Crippen LogP contribution in [0.5, 0.6) is 0 Å². The van der Waals surface area contributed by atoms with Crippen LogP contribution in [0.1, 0.15) is 24.6 Å². The van der Waals surface area contributed by atoms with Gasteiger partial charge in [0.05, 0.1) is 6.20 Å². The van der Waals surface area contributed by atoms with Gasteiger partial charge in [-0.15, -0.1) is 0 Å². The number of benzene rings is 1. The monoisotopic (exact) mass is 243 g/mol. The van der Waals surface area contributed by atoms with Gasteiger partial charge in [-0.1, -0.05) is 25.1 Å². The summed E-state index contributed by atoms with van der Waals surface area (Å²) in [6.45, 7) is 6.28. The summed E-state index contributed by atoms with van der Waals surface area (Å²) in [6.07, 6.45) is 3.11. The Kier molecular flexibility index (Phi) is 4.15. The van der Waals surface area contributed by atoms with Gasteiger partial charge in [0.15, 0.2) is 0 Å². The second-order valence-corrected chi connectivity index (χ2v) is 4.64. The van der Waals surface area contributed by atoms with Gasteiger partial charge < -0.3 is 5.32 Å². The molecule has 0 fully saturated rings. The summed E-state index contributed by atoms with van der Waals surface area (Å²) < 4.78 is 1.91. The van der Waals surface area contributed by atoms with E-state index in [1.807, 2.05) is 17.9 Å². The number of hydrogen-bond acceptors (Lipinski definition) is 2. The van der Waals surface area contributed by atoms with Gasteiger partial charge in [-0.05, 0) is 37.1 Å². The first kappa shape index (κ1) is 12.8. The van der Waals surface area contributed by atoms with E-state index in [0.717, 1.165) is 13.1 Å². The lowest BCUT2D eigenvalue weighted by Gasteiger charge is -2.06. The van der Waals surface area contributed by atoms with Gasteiger partial charge in [-0.3, -0.25) is 4.68 Å². The van der Waals surface area contributed by atoms with E-state index in [2.05, 4.69) is 48.5 Å². The summed E-state index contributed by atoms with van der Waals surface area (Å²) in [7, 11) is 1.98. The molecule has 0 radical (unpaired) electrons. The normalized spacial score (nSPS) is 10.8. The highest BCUT2D eigenvalue weighted by Crippen LogP contribution is 2.23. The van der Waals surface area contributed by atoms with Gasteiger partial charge in [0, 0.05) is 24.8 Å². The van der Waals surface area contributed by atoms with Gasteiger partial charge in [0.25, 0.3) is 0 Å². The van der Waals surface area contributed by atoms with Crippen LogP contribution in [-0.2, 0) is 13.6 Å². The van der Waals surface area contributed by atoms with Crippen molar-refractivity contribution in [3.63, 3.8) is 0 Å². The molecule has 1 N–H and O–H groups in total. The Labute approximate surface area is 109 Å². The van der Waals surface area contributed by atoms with Crippen LogP contribution in [0.2, 0.25) is 0 Å². The predicted molar refractivity (Wildman–Crippen MR) is 75.4 cm³/mol. The Hall–Kier alpha value is -1.61. The zero-order chi connectivity index (χ0) is 13.0. The van der Waals surface area contributed by atoms with Crippen molar-refractivity contribution in [2.24, 2.45) is 7.05 Å². The van der Waals surface area contributed by atoms with E-state index in [4.69, 9.17) is 0 Å². The fraction of sp³-hybridized carbons (Fsp3) is 0.400. The molecule has 18 heavy (non-hydrogen) atoms. The van der Waals surface area contributed by atoms with E-state index in [-0.39, 0.29) is 0 Å². The van der Waals surface area contributed by atoms with Crippen LogP contribution in [0.3, 0.4) is 0 Å². The smallest absolute Gasteiger partial charge is 0.0571 e. The van der Waals surface area contributed by atoms with Gasteiger partial charge in [-0.2, -0.15) is 5.10 Å². The van der Waals surface area contributed by atoms with Crippen LogP contribution in [-0.4, -0.2) is 16.3 Å². The van der Waals surface area contributed by atoms with Crippen LogP contribution in [0, 0.1) is 6.92 Å². The standard InChI is InChI=1S/C15H21N3/c1-4-8-16-10-13-6-5-7-14(9-13)15-11-17-18(3)12(15)2/h5-7,9,11,16H,4,8,10H2,1-3H3. The molecule has 0 aliphatic heterocycles. The topological polar surface area (TPSA) is 29.9 Å². The van der Waals surface area contributed by atoms with Crippen LogP contribution in [0.4, 0.5) is 0 Å². The third kappa shape index (κ3) is 2.79. The summed E-state index contributed by atoms with van der Waals surface area (Å²) in [5.74, 6) is 0. The zero-order valence-corrected chi connectivity index (χ0v) is 11.4. The summed E-state index contributed by atoms with van der Waals surface area (Å²) in [4.78, 5) is 0. The number of hydrogen-bond donors (Lipinski definition) is 1. The zero-order valence-electron chi connectivity index (χ0n) is 11.4. The first-order valence-corrected chi connectivity index (χ1v) is 6.51. The minimum absolute atomic E-state index is 0.932. The van der Waals surface area contributed by atoms with Crippen molar-refractivity contribution in [2.75, 3.05) is 6.54 Å². The van der Waals surface area contributed by atoms with E-state index >= 15 is 0 Å². The largest absolute Gasteiger partial charge is 0.313 e. The van der Waals surface area contributed by atoms with Crippen molar-refractivity contribution in [1.82, 2.24) is 15.1 Å². The van der Waals surface area contributed by atoms with Crippen molar-refractivity contribution in [3.05, 3.63) is 41.7 Å². The molecule has 0 spiro atoms. The van der Waals surface area contributed by atoms with Crippen LogP contribution in [0.15, 0.2) is 30.5 Å². The van der Waals surface area contributed by atoms with Gasteiger partial charge in [0.2, 0.25) is 0 Å². The number of rotatable bonds is 5. The Bertz CT molecular complexity index is 514. The average Bonchev–Trinajstić information content (AvgIpc) is 2.71. The lowest BCUT2D eigenvalue weighted by molar-refractivity contribution is 0.675. The Morgan fingerprint density at radius 2 is 2.17 bits per heavy atom. The third-order valence-electron chi connectivity index (χ3n) is 3.23. The summed E-state index contributed by atoms with van der Waals surface area (Å²) in [6, 6.07) is 8.67. The molecule has 3 heteroatoms. The molecule has 0 unspecified atom stereocenters. The van der Waals surface area contributed by atoms with Crippen molar-refractivity contribution >= 4 is 0 Å². The first-order valence-electron chi connectivity index (χ1n) is 6.51. The molecule has 0 saturated heterocycles. The molecule has 2 aromatic rings. The minimum Gasteiger partial charge on any atom is -0.313 e. The van der Waals surface area contributed by atoms with Crippen LogP contribution >= 0.6 is 0 Å². The lowest BCUT2D eigenvalue weighted by atomic mass is 10.0. The summed E-state index contributed by atoms with van der Waals surface area (Å²) >= 11 is 0. The lowest BCUT2D eigenvalue weighted by Crippen LogP contribution is -2.13. The maximum atomic E-state index is 4.30. The average molecular weight is 243 g/mol. The third-order valence-corrected chi connectivity index (χ3v) is 3.23. The van der Waals surface area contributed by atoms with Crippen molar-refractivity contribution in [1.29, 1.82) is 0 Å². The molecule has 96 valence electrons. The molecule has 1 heterocycles. The quantitative estimate of drug-likeness (QED) is 0.818. The van der Waals surface area contributed by atoms with Crippen molar-refractivity contribution in [3.8, 4) is 11.1 Å². The highest BCUT2D eigenvalue weighted by atomic mass is 15.3. The van der Waals surface area contributed by atoms with Crippen LogP contribution in [0.25, 0.3) is 11.1 Å². The highest BCUT2D eigenvalue weighted by Gasteiger charge is 2.06. The van der Waals surface area contributed by atoms with E-state index in [1.165, 1.54) is 28.8 Å². The van der Waals surface area contributed by atoms with Crippen molar-refractivity contribution < 1.29 is 0 Å². The van der Waals surface area contributed by atoms with Gasteiger partial charge >= 0.3 is 0 Å². The summed E-state index contributed by atoms with van der Waals surface area (Å²) in [5.41, 5.74) is 4.99. The van der Waals surface area contributed by atoms with Crippen LogP contribution < -0.4 is 5.32 Å². The number of nitrogens with one attached hydrogen (secondary N) is 1. The summed E-state index contributed by atoms with van der Waals surface area (Å²) in [5, 5.41) is 7.73. The molecule has 0 aliphatic rings. The number of aryl methyl sites for hydroxylation is 1. The molecule has 0 amide bonds. The Morgan fingerprint density at radius 1 is 1.33 bits per heavy atom. The molecule has 0 aliphatic carbocycles. The highest BCUT2D eigenvalue weighted by molar-refractivity contribution is 5.65. The Balaban J connectivity index is 2.19. The molecule has 0 bridgehead atoms. The molecule has 1 aromatic heterocycles. The maximum Gasteiger partial charge on any atom is 0.0571 e. The fourth-order valence-corrected chi connectivity index (χ4v) is 2.04. The Morgan fingerprint density at radius 3 is 2.83 bits per heavy atom. The van der Waals surface area contributed by atoms with E-state index in [9.17, 15) is 0 Å². The first-order chi connectivity index (χ1) is 8.72. The van der Waals surface area contributed by atoms with E-state index in [1.54, 1.807) is 0 Å². The molecular formula is C15H21N3. The molecule has 0 atom stereocenters. The van der Waals surface area contributed by atoms with Gasteiger partial charge in [-0.25, -0.2) is 0 Å². The second-order valence-electron chi connectivity index (χ2n) is 4.64. The van der Waals surface area contributed by atoms with E-state index < -0.39 is 0 Å². The number of aromatic nitrogens is 2. The maximum absolute atomic E-state index is 4.30. The van der Waals surface area contributed by atoms with E-state index in [0.29, 0.717) is 0 Å². The van der Waals surface area contributed by atoms with Crippen molar-refractivity contribution in [2.45, 2.75) is 26.8 Å². The van der Waals surface area contributed by atoms with Gasteiger partial charge in [0.1, 0.15) is 0 Å². The molecule has 3 nitrogen and oxygen atoms in total. The predicted octanol–water partition coefficient (Wildman–Crippen LogP) is 2.90. The minimum atomic E-state index is 0.932.